The number of rotatable bonds is 6. The predicted octanol–water partition coefficient (Wildman–Crippen LogP) is 1.31. The monoisotopic (exact) mass is 580 g/mol. The van der Waals surface area contributed by atoms with Crippen molar-refractivity contribution < 1.29 is 29.1 Å². The molecule has 12 nitrogen and oxygen atoms in total. The van der Waals surface area contributed by atoms with Crippen molar-refractivity contribution in [2.45, 2.75) is 51.1 Å². The van der Waals surface area contributed by atoms with Crippen LogP contribution in [0.1, 0.15) is 59.7 Å². The second-order valence-electron chi connectivity index (χ2n) is 12.6. The van der Waals surface area contributed by atoms with Gasteiger partial charge in [-0.15, -0.1) is 0 Å². The van der Waals surface area contributed by atoms with Crippen LogP contribution in [0.15, 0.2) is 18.2 Å². The Morgan fingerprint density at radius 1 is 0.881 bits per heavy atom. The molecule has 1 aromatic carbocycles. The summed E-state index contributed by atoms with van der Waals surface area (Å²) in [5.74, 6) is -0.695. The van der Waals surface area contributed by atoms with Gasteiger partial charge in [0.25, 0.3) is 11.8 Å². The molecule has 5 heterocycles. The Hall–Kier alpha value is -3.51. The van der Waals surface area contributed by atoms with Gasteiger partial charge >= 0.3 is 6.09 Å². The van der Waals surface area contributed by atoms with Gasteiger partial charge in [0.05, 0.1) is 11.1 Å². The number of hydrogen-bond acceptors (Lipinski definition) is 8. The van der Waals surface area contributed by atoms with E-state index in [4.69, 9.17) is 0 Å². The van der Waals surface area contributed by atoms with E-state index in [9.17, 15) is 29.1 Å². The van der Waals surface area contributed by atoms with Crippen molar-refractivity contribution >= 4 is 35.4 Å². The van der Waals surface area contributed by atoms with Crippen LogP contribution in [-0.4, -0.2) is 125 Å². The highest BCUT2D eigenvalue weighted by Crippen LogP contribution is 2.33. The van der Waals surface area contributed by atoms with Gasteiger partial charge in [0.1, 0.15) is 6.04 Å². The number of carbonyl (C=O) groups excluding carboxylic acids is 4. The molecule has 5 amide bonds. The van der Waals surface area contributed by atoms with E-state index in [1.54, 1.807) is 12.1 Å². The first-order valence-corrected chi connectivity index (χ1v) is 15.2. The van der Waals surface area contributed by atoms with E-state index in [1.807, 2.05) is 6.07 Å². The van der Waals surface area contributed by atoms with Crippen LogP contribution in [0.3, 0.4) is 0 Å². The standard InChI is InChI=1S/C30H40N6O6/c1-19-15-35(30(41)42)13-12-34(19)18-21-6-9-32(17-21)16-20-7-10-33(11-8-20)22-2-3-23-24(14-22)29(40)36(28(23)39)25-4-5-26(37)31-27(25)38/h2-3,14,19-21,25H,4-13,15-18H2,1H3,(H,41,42)(H,31,37,38)/t19-,21-,25?/m0/s1. The number of piperazine rings is 1. The zero-order valence-corrected chi connectivity index (χ0v) is 24.2. The summed E-state index contributed by atoms with van der Waals surface area (Å²) < 4.78 is 0. The van der Waals surface area contributed by atoms with Gasteiger partial charge in [0, 0.05) is 70.5 Å². The average Bonchev–Trinajstić information content (AvgIpc) is 3.51. The number of amides is 5. The van der Waals surface area contributed by atoms with Crippen LogP contribution < -0.4 is 10.2 Å². The fourth-order valence-electron chi connectivity index (χ4n) is 7.39. The highest BCUT2D eigenvalue weighted by atomic mass is 16.4. The number of nitrogens with one attached hydrogen (secondary N) is 1. The predicted molar refractivity (Wildman–Crippen MR) is 153 cm³/mol. The Balaban J connectivity index is 0.986. The molecular weight excluding hydrogens is 540 g/mol. The van der Waals surface area contributed by atoms with Crippen molar-refractivity contribution in [2.75, 3.05) is 63.8 Å². The van der Waals surface area contributed by atoms with Crippen LogP contribution in [0, 0.1) is 11.8 Å². The minimum Gasteiger partial charge on any atom is -0.465 e. The van der Waals surface area contributed by atoms with E-state index in [0.717, 1.165) is 69.2 Å². The van der Waals surface area contributed by atoms with Gasteiger partial charge in [-0.3, -0.25) is 34.3 Å². The van der Waals surface area contributed by atoms with Crippen LogP contribution in [0.25, 0.3) is 0 Å². The number of benzene rings is 1. The van der Waals surface area contributed by atoms with Gasteiger partial charge in [0.2, 0.25) is 11.8 Å². The highest BCUT2D eigenvalue weighted by Gasteiger charge is 2.45. The van der Waals surface area contributed by atoms with Crippen LogP contribution in [0.2, 0.25) is 0 Å². The summed E-state index contributed by atoms with van der Waals surface area (Å²) in [5, 5.41) is 11.5. The SMILES string of the molecule is C[C@H]1CN(C(=O)O)CCN1C[C@H]1CCN(CC2CCN(c3ccc4c(c3)C(=O)N(C3CCC(=O)NC3=O)C4=O)CC2)C1. The zero-order chi connectivity index (χ0) is 29.5. The number of hydrogen-bond donors (Lipinski definition) is 2. The van der Waals surface area contributed by atoms with E-state index >= 15 is 0 Å². The van der Waals surface area contributed by atoms with Crippen LogP contribution in [-0.2, 0) is 9.59 Å². The third kappa shape index (κ3) is 5.61. The van der Waals surface area contributed by atoms with Crippen LogP contribution in [0.4, 0.5) is 10.5 Å². The minimum absolute atomic E-state index is 0.104. The van der Waals surface area contributed by atoms with Crippen molar-refractivity contribution in [1.82, 2.24) is 24.9 Å². The molecule has 1 unspecified atom stereocenters. The number of nitrogens with zero attached hydrogens (tertiary/aromatic N) is 5. The van der Waals surface area contributed by atoms with Crippen molar-refractivity contribution in [3.8, 4) is 0 Å². The number of anilines is 1. The molecule has 226 valence electrons. The number of carbonyl (C=O) groups is 5. The molecule has 0 saturated carbocycles. The molecule has 0 aromatic heterocycles. The van der Waals surface area contributed by atoms with Gasteiger partial charge in [-0.05, 0) is 69.2 Å². The molecule has 0 spiro atoms. The molecule has 5 aliphatic rings. The fourth-order valence-corrected chi connectivity index (χ4v) is 7.39. The van der Waals surface area contributed by atoms with E-state index in [-0.39, 0.29) is 24.8 Å². The third-order valence-corrected chi connectivity index (χ3v) is 9.82. The number of piperidine rings is 2. The lowest BCUT2D eigenvalue weighted by molar-refractivity contribution is -0.136. The van der Waals surface area contributed by atoms with Crippen molar-refractivity contribution in [1.29, 1.82) is 0 Å². The molecule has 42 heavy (non-hydrogen) atoms. The Bertz CT molecular complexity index is 1280. The van der Waals surface area contributed by atoms with Gasteiger partial charge < -0.3 is 19.8 Å². The zero-order valence-electron chi connectivity index (χ0n) is 24.2. The first-order valence-electron chi connectivity index (χ1n) is 15.2. The molecule has 2 N–H and O–H groups in total. The van der Waals surface area contributed by atoms with Crippen molar-refractivity contribution in [3.63, 3.8) is 0 Å². The normalized spacial score (nSPS) is 28.0. The molecular formula is C30H40N6O6. The fraction of sp³-hybridized carbons (Fsp3) is 0.633. The summed E-state index contributed by atoms with van der Waals surface area (Å²) >= 11 is 0. The minimum atomic E-state index is -0.954. The van der Waals surface area contributed by atoms with Gasteiger partial charge in [-0.2, -0.15) is 0 Å². The van der Waals surface area contributed by atoms with Gasteiger partial charge in [-0.25, -0.2) is 4.79 Å². The summed E-state index contributed by atoms with van der Waals surface area (Å²) in [7, 11) is 0. The topological polar surface area (TPSA) is 134 Å². The molecule has 0 aliphatic carbocycles. The largest absolute Gasteiger partial charge is 0.465 e. The smallest absolute Gasteiger partial charge is 0.407 e. The Kier molecular flexibility index (Phi) is 7.93. The maximum absolute atomic E-state index is 13.2. The Morgan fingerprint density at radius 2 is 1.62 bits per heavy atom. The van der Waals surface area contributed by atoms with Crippen LogP contribution >= 0.6 is 0 Å². The average molecular weight is 581 g/mol. The summed E-state index contributed by atoms with van der Waals surface area (Å²) in [6, 6.07) is 4.66. The molecule has 4 saturated heterocycles. The van der Waals surface area contributed by atoms with Crippen molar-refractivity contribution in [2.24, 2.45) is 11.8 Å². The van der Waals surface area contributed by atoms with E-state index in [2.05, 4.69) is 26.9 Å². The molecule has 12 heteroatoms. The maximum Gasteiger partial charge on any atom is 0.407 e. The lowest BCUT2D eigenvalue weighted by Crippen LogP contribution is -2.54. The summed E-state index contributed by atoms with van der Waals surface area (Å²) in [4.78, 5) is 71.2. The van der Waals surface area contributed by atoms with E-state index in [0.29, 0.717) is 36.1 Å². The lowest BCUT2D eigenvalue weighted by atomic mass is 9.95. The van der Waals surface area contributed by atoms with E-state index < -0.39 is 29.9 Å². The first kappa shape index (κ1) is 28.6. The molecule has 3 atom stereocenters. The summed E-state index contributed by atoms with van der Waals surface area (Å²) in [6.07, 6.45) is 2.73. The van der Waals surface area contributed by atoms with Crippen LogP contribution in [0.5, 0.6) is 0 Å². The number of fused-ring (bicyclic) bond motifs is 1. The lowest BCUT2D eigenvalue weighted by Gasteiger charge is -2.39. The second kappa shape index (κ2) is 11.6. The maximum atomic E-state index is 13.2. The quantitative estimate of drug-likeness (QED) is 0.478. The molecule has 4 fully saturated rings. The third-order valence-electron chi connectivity index (χ3n) is 9.82. The number of carboxylic acid groups (broad SMARTS) is 1. The molecule has 0 bridgehead atoms. The number of likely N-dealkylation sites (tertiary alicyclic amines) is 1. The first-order chi connectivity index (χ1) is 20.2. The Labute approximate surface area is 245 Å². The molecule has 0 radical (unpaired) electrons. The molecule has 6 rings (SSSR count). The van der Waals surface area contributed by atoms with Gasteiger partial charge in [-0.1, -0.05) is 0 Å². The molecule has 5 aliphatic heterocycles. The van der Waals surface area contributed by atoms with Gasteiger partial charge in [0.15, 0.2) is 0 Å². The summed E-state index contributed by atoms with van der Waals surface area (Å²) in [5.41, 5.74) is 1.55. The second-order valence-corrected chi connectivity index (χ2v) is 12.6. The highest BCUT2D eigenvalue weighted by molar-refractivity contribution is 6.23. The summed E-state index contributed by atoms with van der Waals surface area (Å²) in [6.45, 7) is 10.2. The Morgan fingerprint density at radius 3 is 2.33 bits per heavy atom. The van der Waals surface area contributed by atoms with Crippen molar-refractivity contribution in [3.05, 3.63) is 29.3 Å². The number of imide groups is 2. The molecule has 1 aromatic rings. The van der Waals surface area contributed by atoms with E-state index in [1.165, 1.54) is 11.3 Å².